The first-order valence-electron chi connectivity index (χ1n) is 6.03. The van der Waals surface area contributed by atoms with Crippen LogP contribution in [0.5, 0.6) is 0 Å². The molecule has 0 aliphatic rings. The number of aliphatic hydroxyl groups excluding tert-OH is 1. The third-order valence-electron chi connectivity index (χ3n) is 3.01. The van der Waals surface area contributed by atoms with E-state index >= 15 is 0 Å². The van der Waals surface area contributed by atoms with Gasteiger partial charge in [0.05, 0.1) is 6.10 Å². The van der Waals surface area contributed by atoms with E-state index in [2.05, 4.69) is 36.2 Å². The first-order valence-corrected chi connectivity index (χ1v) is 6.03. The Morgan fingerprint density at radius 2 is 1.83 bits per heavy atom. The zero-order valence-electron chi connectivity index (χ0n) is 11.0. The fourth-order valence-electron chi connectivity index (χ4n) is 1.91. The highest BCUT2D eigenvalue weighted by atomic mass is 16.3. The second kappa shape index (κ2) is 5.19. The van der Waals surface area contributed by atoms with Gasteiger partial charge >= 0.3 is 0 Å². The molecule has 2 aromatic rings. The van der Waals surface area contributed by atoms with Gasteiger partial charge in [0, 0.05) is 24.5 Å². The second-order valence-electron chi connectivity index (χ2n) is 4.49. The van der Waals surface area contributed by atoms with Gasteiger partial charge in [-0.1, -0.05) is 23.8 Å². The SMILES string of the molecule is Cc1ccc(N(C)c2ncccc2[C@H](C)O)cc1. The van der Waals surface area contributed by atoms with Crippen LogP contribution in [0, 0.1) is 6.92 Å². The first kappa shape index (κ1) is 12.6. The van der Waals surface area contributed by atoms with Crippen LogP contribution in [0.2, 0.25) is 0 Å². The molecule has 0 saturated carbocycles. The third kappa shape index (κ3) is 2.51. The maximum absolute atomic E-state index is 9.78. The molecule has 0 saturated heterocycles. The molecule has 94 valence electrons. The number of aryl methyl sites for hydroxylation is 1. The molecular weight excluding hydrogens is 224 g/mol. The van der Waals surface area contributed by atoms with Crippen molar-refractivity contribution in [3.63, 3.8) is 0 Å². The highest BCUT2D eigenvalue weighted by Gasteiger charge is 2.13. The van der Waals surface area contributed by atoms with Crippen LogP contribution >= 0.6 is 0 Å². The number of pyridine rings is 1. The van der Waals surface area contributed by atoms with E-state index in [1.165, 1.54) is 5.56 Å². The number of hydrogen-bond donors (Lipinski definition) is 1. The van der Waals surface area contributed by atoms with Gasteiger partial charge < -0.3 is 10.0 Å². The molecule has 1 heterocycles. The number of hydrogen-bond acceptors (Lipinski definition) is 3. The fourth-order valence-corrected chi connectivity index (χ4v) is 1.91. The molecule has 3 nitrogen and oxygen atoms in total. The summed E-state index contributed by atoms with van der Waals surface area (Å²) in [6.07, 6.45) is 1.22. The van der Waals surface area contributed by atoms with Gasteiger partial charge in [0.2, 0.25) is 0 Å². The van der Waals surface area contributed by atoms with Gasteiger partial charge in [-0.15, -0.1) is 0 Å². The highest BCUT2D eigenvalue weighted by molar-refractivity contribution is 5.62. The summed E-state index contributed by atoms with van der Waals surface area (Å²) in [6.45, 7) is 3.81. The monoisotopic (exact) mass is 242 g/mol. The average Bonchev–Trinajstić information content (AvgIpc) is 2.39. The van der Waals surface area contributed by atoms with E-state index in [0.29, 0.717) is 0 Å². The Kier molecular flexibility index (Phi) is 3.63. The standard InChI is InChI=1S/C15H18N2O/c1-11-6-8-13(9-7-11)17(3)15-14(12(2)18)5-4-10-16-15/h4-10,12,18H,1-3H3/t12-/m0/s1. The van der Waals surface area contributed by atoms with Gasteiger partial charge in [-0.25, -0.2) is 4.98 Å². The van der Waals surface area contributed by atoms with Crippen molar-refractivity contribution in [1.82, 2.24) is 4.98 Å². The van der Waals surface area contributed by atoms with Crippen LogP contribution in [0.1, 0.15) is 24.2 Å². The molecule has 1 atom stereocenters. The number of anilines is 2. The Hall–Kier alpha value is -1.87. The van der Waals surface area contributed by atoms with Crippen LogP contribution in [-0.2, 0) is 0 Å². The maximum Gasteiger partial charge on any atom is 0.138 e. The maximum atomic E-state index is 9.78. The van der Waals surface area contributed by atoms with Crippen LogP contribution in [0.15, 0.2) is 42.6 Å². The van der Waals surface area contributed by atoms with E-state index in [0.717, 1.165) is 17.1 Å². The number of nitrogens with zero attached hydrogens (tertiary/aromatic N) is 2. The van der Waals surface area contributed by atoms with Crippen molar-refractivity contribution < 1.29 is 5.11 Å². The molecule has 0 unspecified atom stereocenters. The van der Waals surface area contributed by atoms with E-state index in [9.17, 15) is 5.11 Å². The van der Waals surface area contributed by atoms with Gasteiger partial charge in [0.25, 0.3) is 0 Å². The van der Waals surface area contributed by atoms with E-state index in [4.69, 9.17) is 0 Å². The van der Waals surface area contributed by atoms with Crippen molar-refractivity contribution in [3.8, 4) is 0 Å². The summed E-state index contributed by atoms with van der Waals surface area (Å²) in [5.41, 5.74) is 3.12. The summed E-state index contributed by atoms with van der Waals surface area (Å²) in [7, 11) is 1.96. The largest absolute Gasteiger partial charge is 0.389 e. The summed E-state index contributed by atoms with van der Waals surface area (Å²) in [4.78, 5) is 6.35. The number of aliphatic hydroxyl groups is 1. The minimum absolute atomic E-state index is 0.526. The van der Waals surface area contributed by atoms with Crippen molar-refractivity contribution >= 4 is 11.5 Å². The van der Waals surface area contributed by atoms with Crippen LogP contribution in [0.4, 0.5) is 11.5 Å². The van der Waals surface area contributed by atoms with Crippen molar-refractivity contribution in [2.45, 2.75) is 20.0 Å². The zero-order valence-corrected chi connectivity index (χ0v) is 11.0. The molecular formula is C15H18N2O. The fraction of sp³-hybridized carbons (Fsp3) is 0.267. The van der Waals surface area contributed by atoms with Crippen molar-refractivity contribution in [2.75, 3.05) is 11.9 Å². The molecule has 0 fully saturated rings. The minimum Gasteiger partial charge on any atom is -0.389 e. The molecule has 0 amide bonds. The topological polar surface area (TPSA) is 36.4 Å². The molecule has 0 bridgehead atoms. The van der Waals surface area contributed by atoms with Crippen molar-refractivity contribution in [3.05, 3.63) is 53.7 Å². The van der Waals surface area contributed by atoms with Crippen LogP contribution < -0.4 is 4.90 Å². The summed E-state index contributed by atoms with van der Waals surface area (Å²) >= 11 is 0. The summed E-state index contributed by atoms with van der Waals surface area (Å²) in [5.74, 6) is 0.788. The number of benzene rings is 1. The Morgan fingerprint density at radius 3 is 2.44 bits per heavy atom. The molecule has 3 heteroatoms. The van der Waals surface area contributed by atoms with Gasteiger partial charge in [0.1, 0.15) is 5.82 Å². The van der Waals surface area contributed by atoms with Gasteiger partial charge in [-0.05, 0) is 32.0 Å². The first-order chi connectivity index (χ1) is 8.59. The van der Waals surface area contributed by atoms with Crippen LogP contribution in [-0.4, -0.2) is 17.1 Å². The van der Waals surface area contributed by atoms with Crippen molar-refractivity contribution in [2.24, 2.45) is 0 Å². The molecule has 0 aliphatic heterocycles. The van der Waals surface area contributed by atoms with Crippen molar-refractivity contribution in [1.29, 1.82) is 0 Å². The highest BCUT2D eigenvalue weighted by Crippen LogP contribution is 2.28. The summed E-state index contributed by atoms with van der Waals surface area (Å²) < 4.78 is 0. The lowest BCUT2D eigenvalue weighted by Gasteiger charge is -2.22. The van der Waals surface area contributed by atoms with Gasteiger partial charge in [-0.3, -0.25) is 0 Å². The molecule has 2 rings (SSSR count). The van der Waals surface area contributed by atoms with Gasteiger partial charge in [-0.2, -0.15) is 0 Å². The molecule has 0 spiro atoms. The van der Waals surface area contributed by atoms with Crippen LogP contribution in [0.3, 0.4) is 0 Å². The average molecular weight is 242 g/mol. The smallest absolute Gasteiger partial charge is 0.138 e. The van der Waals surface area contributed by atoms with E-state index in [-0.39, 0.29) is 0 Å². The van der Waals surface area contributed by atoms with Crippen LogP contribution in [0.25, 0.3) is 0 Å². The predicted octanol–water partition coefficient (Wildman–Crippen LogP) is 3.21. The predicted molar refractivity (Wildman–Crippen MR) is 74.1 cm³/mol. The molecule has 18 heavy (non-hydrogen) atoms. The Bertz CT molecular complexity index is 520. The third-order valence-corrected chi connectivity index (χ3v) is 3.01. The zero-order chi connectivity index (χ0) is 13.1. The van der Waals surface area contributed by atoms with Gasteiger partial charge in [0.15, 0.2) is 0 Å². The lowest BCUT2D eigenvalue weighted by molar-refractivity contribution is 0.199. The molecule has 0 aliphatic carbocycles. The second-order valence-corrected chi connectivity index (χ2v) is 4.49. The lowest BCUT2D eigenvalue weighted by Crippen LogP contribution is -2.14. The Labute approximate surface area is 108 Å². The molecule has 1 aromatic heterocycles. The minimum atomic E-state index is -0.526. The number of rotatable bonds is 3. The number of aromatic nitrogens is 1. The Balaban J connectivity index is 2.39. The quantitative estimate of drug-likeness (QED) is 0.897. The van der Waals surface area contributed by atoms with E-state index in [1.807, 2.05) is 24.1 Å². The van der Waals surface area contributed by atoms with E-state index in [1.54, 1.807) is 13.1 Å². The Morgan fingerprint density at radius 1 is 1.17 bits per heavy atom. The summed E-state index contributed by atoms with van der Waals surface area (Å²) in [5, 5.41) is 9.78. The molecule has 1 N–H and O–H groups in total. The lowest BCUT2D eigenvalue weighted by atomic mass is 10.1. The molecule has 0 radical (unpaired) electrons. The van der Waals surface area contributed by atoms with E-state index < -0.39 is 6.10 Å². The normalized spacial score (nSPS) is 12.2. The molecule has 1 aromatic carbocycles. The summed E-state index contributed by atoms with van der Waals surface area (Å²) in [6, 6.07) is 12.0.